The number of fused-ring (bicyclic) bond motifs is 1. The van der Waals surface area contributed by atoms with Crippen molar-refractivity contribution < 1.29 is 4.79 Å². The maximum atomic E-state index is 12.4. The van der Waals surface area contributed by atoms with Crippen LogP contribution in [0.25, 0.3) is 10.9 Å². The van der Waals surface area contributed by atoms with Crippen LogP contribution in [0, 0.1) is 20.8 Å². The minimum atomic E-state index is 0.178. The van der Waals surface area contributed by atoms with Crippen molar-refractivity contribution in [3.05, 3.63) is 34.5 Å². The number of likely N-dealkylation sites (N-methyl/N-ethyl adjacent to an activating group) is 1. The molecule has 2 rings (SSSR count). The lowest BCUT2D eigenvalue weighted by Crippen LogP contribution is -2.23. The van der Waals surface area contributed by atoms with E-state index in [4.69, 9.17) is 0 Å². The summed E-state index contributed by atoms with van der Waals surface area (Å²) in [6, 6.07) is 4.30. The van der Waals surface area contributed by atoms with Gasteiger partial charge in [-0.15, -0.1) is 0 Å². The van der Waals surface area contributed by atoms with E-state index in [9.17, 15) is 4.79 Å². The van der Waals surface area contributed by atoms with Crippen LogP contribution in [0.5, 0.6) is 0 Å². The SMILES string of the molecule is CCNCC(=O)c1c(C)n(C)c2cc(C)cc(C)c12. The molecule has 1 aromatic heterocycles. The molecule has 3 nitrogen and oxygen atoms in total. The van der Waals surface area contributed by atoms with Crippen molar-refractivity contribution in [1.82, 2.24) is 9.88 Å². The number of aryl methyl sites for hydroxylation is 3. The number of hydrogen-bond acceptors (Lipinski definition) is 2. The number of ketones is 1. The largest absolute Gasteiger partial charge is 0.347 e. The van der Waals surface area contributed by atoms with Crippen LogP contribution in [0.2, 0.25) is 0 Å². The molecule has 0 aliphatic rings. The molecule has 0 atom stereocenters. The number of nitrogens with zero attached hydrogens (tertiary/aromatic N) is 1. The maximum Gasteiger partial charge on any atom is 0.179 e. The van der Waals surface area contributed by atoms with E-state index in [-0.39, 0.29) is 5.78 Å². The molecule has 0 saturated carbocycles. The first-order chi connectivity index (χ1) is 8.97. The summed E-state index contributed by atoms with van der Waals surface area (Å²) in [5, 5.41) is 4.22. The molecule has 0 unspecified atom stereocenters. The van der Waals surface area contributed by atoms with Crippen LogP contribution in [-0.2, 0) is 7.05 Å². The predicted molar refractivity (Wildman–Crippen MR) is 80.0 cm³/mol. The van der Waals surface area contributed by atoms with Crippen LogP contribution in [0.1, 0.15) is 34.1 Å². The summed E-state index contributed by atoms with van der Waals surface area (Å²) in [7, 11) is 2.03. The summed E-state index contributed by atoms with van der Waals surface area (Å²) >= 11 is 0. The third-order valence-corrected chi connectivity index (χ3v) is 3.75. The van der Waals surface area contributed by atoms with Gasteiger partial charge in [-0.25, -0.2) is 0 Å². The second kappa shape index (κ2) is 5.17. The van der Waals surface area contributed by atoms with Crippen molar-refractivity contribution in [3.63, 3.8) is 0 Å². The molecule has 0 radical (unpaired) electrons. The molecule has 1 heterocycles. The Labute approximate surface area is 114 Å². The number of benzene rings is 1. The first-order valence-electron chi connectivity index (χ1n) is 6.77. The zero-order chi connectivity index (χ0) is 14.2. The molecule has 3 heteroatoms. The van der Waals surface area contributed by atoms with Gasteiger partial charge in [-0.2, -0.15) is 0 Å². The number of carbonyl (C=O) groups is 1. The van der Waals surface area contributed by atoms with Gasteiger partial charge >= 0.3 is 0 Å². The van der Waals surface area contributed by atoms with Crippen LogP contribution in [0.15, 0.2) is 12.1 Å². The maximum absolute atomic E-state index is 12.4. The van der Waals surface area contributed by atoms with Crippen LogP contribution in [-0.4, -0.2) is 23.4 Å². The lowest BCUT2D eigenvalue weighted by atomic mass is 10.0. The smallest absolute Gasteiger partial charge is 0.179 e. The fraction of sp³-hybridized carbons (Fsp3) is 0.438. The van der Waals surface area contributed by atoms with E-state index in [0.29, 0.717) is 6.54 Å². The summed E-state index contributed by atoms with van der Waals surface area (Å²) in [4.78, 5) is 12.4. The average Bonchev–Trinajstić information content (AvgIpc) is 2.60. The topological polar surface area (TPSA) is 34.0 Å². The monoisotopic (exact) mass is 258 g/mol. The number of carbonyl (C=O) groups excluding carboxylic acids is 1. The first kappa shape index (κ1) is 13.8. The third kappa shape index (κ3) is 2.30. The fourth-order valence-electron chi connectivity index (χ4n) is 2.73. The lowest BCUT2D eigenvalue weighted by molar-refractivity contribution is 0.0992. The minimum Gasteiger partial charge on any atom is -0.347 e. The van der Waals surface area contributed by atoms with E-state index in [1.165, 1.54) is 11.1 Å². The summed E-state index contributed by atoms with van der Waals surface area (Å²) in [5.74, 6) is 0.178. The Kier molecular flexibility index (Phi) is 3.76. The molecule has 0 aliphatic heterocycles. The molecule has 0 saturated heterocycles. The highest BCUT2D eigenvalue weighted by molar-refractivity contribution is 6.11. The summed E-state index contributed by atoms with van der Waals surface area (Å²) in [6.07, 6.45) is 0. The quantitative estimate of drug-likeness (QED) is 0.856. The van der Waals surface area contributed by atoms with Gasteiger partial charge in [0, 0.05) is 29.2 Å². The van der Waals surface area contributed by atoms with Gasteiger partial charge in [-0.05, 0) is 44.5 Å². The van der Waals surface area contributed by atoms with E-state index in [2.05, 4.69) is 35.9 Å². The Morgan fingerprint density at radius 2 is 1.95 bits per heavy atom. The lowest BCUT2D eigenvalue weighted by Gasteiger charge is -2.04. The highest BCUT2D eigenvalue weighted by Gasteiger charge is 2.19. The van der Waals surface area contributed by atoms with Gasteiger partial charge in [-0.3, -0.25) is 4.79 Å². The molecule has 0 bridgehead atoms. The van der Waals surface area contributed by atoms with Gasteiger partial charge in [-0.1, -0.05) is 13.0 Å². The summed E-state index contributed by atoms with van der Waals surface area (Å²) in [6.45, 7) is 9.43. The van der Waals surface area contributed by atoms with E-state index >= 15 is 0 Å². The average molecular weight is 258 g/mol. The van der Waals surface area contributed by atoms with Crippen molar-refractivity contribution >= 4 is 16.7 Å². The predicted octanol–water partition coefficient (Wildman–Crippen LogP) is 2.90. The normalized spacial score (nSPS) is 11.2. The zero-order valence-corrected chi connectivity index (χ0v) is 12.4. The third-order valence-electron chi connectivity index (χ3n) is 3.75. The second-order valence-corrected chi connectivity index (χ2v) is 5.20. The number of nitrogens with one attached hydrogen (secondary N) is 1. The summed E-state index contributed by atoms with van der Waals surface area (Å²) in [5.41, 5.74) is 5.48. The molecule has 0 amide bonds. The Balaban J connectivity index is 2.67. The van der Waals surface area contributed by atoms with Crippen LogP contribution < -0.4 is 5.32 Å². The zero-order valence-electron chi connectivity index (χ0n) is 12.4. The van der Waals surface area contributed by atoms with Crippen molar-refractivity contribution in [1.29, 1.82) is 0 Å². The molecule has 0 aliphatic carbocycles. The number of Topliss-reactive ketones (excluding diaryl/α,β-unsaturated/α-hetero) is 1. The Bertz CT molecular complexity index is 638. The van der Waals surface area contributed by atoms with E-state index < -0.39 is 0 Å². The number of hydrogen-bond donors (Lipinski definition) is 1. The van der Waals surface area contributed by atoms with Gasteiger partial charge in [0.05, 0.1) is 6.54 Å². The molecular weight excluding hydrogens is 236 g/mol. The van der Waals surface area contributed by atoms with Crippen molar-refractivity contribution in [2.24, 2.45) is 7.05 Å². The van der Waals surface area contributed by atoms with Crippen molar-refractivity contribution in [2.45, 2.75) is 27.7 Å². The Morgan fingerprint density at radius 1 is 1.26 bits per heavy atom. The fourth-order valence-corrected chi connectivity index (χ4v) is 2.73. The molecule has 2 aromatic rings. The van der Waals surface area contributed by atoms with Gasteiger partial charge in [0.25, 0.3) is 0 Å². The Morgan fingerprint density at radius 3 is 2.58 bits per heavy atom. The number of aromatic nitrogens is 1. The molecule has 1 aromatic carbocycles. The van der Waals surface area contributed by atoms with Crippen LogP contribution in [0.4, 0.5) is 0 Å². The van der Waals surface area contributed by atoms with Crippen LogP contribution >= 0.6 is 0 Å². The van der Waals surface area contributed by atoms with Gasteiger partial charge in [0.1, 0.15) is 0 Å². The second-order valence-electron chi connectivity index (χ2n) is 5.20. The standard InChI is InChI=1S/C16H22N2O/c1-6-17-9-14(19)16-12(4)18(5)13-8-10(2)7-11(3)15(13)16/h7-8,17H,6,9H2,1-5H3. The van der Waals surface area contributed by atoms with Crippen molar-refractivity contribution in [2.75, 3.05) is 13.1 Å². The van der Waals surface area contributed by atoms with Gasteiger partial charge in [0.15, 0.2) is 5.78 Å². The van der Waals surface area contributed by atoms with E-state index in [1.807, 2.05) is 20.9 Å². The Hall–Kier alpha value is -1.61. The van der Waals surface area contributed by atoms with Crippen molar-refractivity contribution in [3.8, 4) is 0 Å². The molecule has 0 spiro atoms. The highest BCUT2D eigenvalue weighted by Crippen LogP contribution is 2.29. The highest BCUT2D eigenvalue weighted by atomic mass is 16.1. The first-order valence-corrected chi connectivity index (χ1v) is 6.77. The molecule has 19 heavy (non-hydrogen) atoms. The molecule has 1 N–H and O–H groups in total. The van der Waals surface area contributed by atoms with Gasteiger partial charge < -0.3 is 9.88 Å². The summed E-state index contributed by atoms with van der Waals surface area (Å²) < 4.78 is 2.12. The molecular formula is C16H22N2O. The molecule has 0 fully saturated rings. The van der Waals surface area contributed by atoms with Crippen LogP contribution in [0.3, 0.4) is 0 Å². The number of rotatable bonds is 4. The minimum absolute atomic E-state index is 0.178. The van der Waals surface area contributed by atoms with E-state index in [1.54, 1.807) is 0 Å². The molecule has 102 valence electrons. The van der Waals surface area contributed by atoms with Gasteiger partial charge in [0.2, 0.25) is 0 Å². The van der Waals surface area contributed by atoms with E-state index in [0.717, 1.165) is 28.7 Å².